The Hall–Kier alpha value is -1.57. The molecule has 2 atom stereocenters. The van der Waals surface area contributed by atoms with Crippen molar-refractivity contribution in [3.8, 4) is 0 Å². The van der Waals surface area contributed by atoms with Crippen molar-refractivity contribution in [1.29, 1.82) is 0 Å². The molecule has 7 nitrogen and oxygen atoms in total. The van der Waals surface area contributed by atoms with Crippen LogP contribution < -0.4 is 5.32 Å². The van der Waals surface area contributed by atoms with Crippen LogP contribution in [0.15, 0.2) is 0 Å². The number of hydrogen-bond donors (Lipinski definition) is 2. The summed E-state index contributed by atoms with van der Waals surface area (Å²) in [6.45, 7) is 1.19. The number of nitrogens with one attached hydrogen (secondary N) is 1. The molecule has 0 aliphatic heterocycles. The van der Waals surface area contributed by atoms with Gasteiger partial charge in [-0.2, -0.15) is 11.8 Å². The lowest BCUT2D eigenvalue weighted by Gasteiger charge is -2.08. The molecule has 0 aromatic carbocycles. The van der Waals surface area contributed by atoms with Crippen molar-refractivity contribution in [2.24, 2.45) is 11.8 Å². The van der Waals surface area contributed by atoms with Gasteiger partial charge >= 0.3 is 11.9 Å². The largest absolute Gasteiger partial charge is 0.481 e. The van der Waals surface area contributed by atoms with Gasteiger partial charge in [-0.25, -0.2) is 0 Å². The fourth-order valence-electron chi connectivity index (χ4n) is 1.99. The van der Waals surface area contributed by atoms with Crippen molar-refractivity contribution in [3.63, 3.8) is 0 Å². The van der Waals surface area contributed by atoms with E-state index in [9.17, 15) is 19.2 Å². The second-order valence-electron chi connectivity index (χ2n) is 4.86. The molecule has 1 aliphatic rings. The summed E-state index contributed by atoms with van der Waals surface area (Å²) >= 11 is 1.43. The van der Waals surface area contributed by atoms with Crippen LogP contribution in [0.4, 0.5) is 0 Å². The molecule has 2 N–H and O–H groups in total. The lowest BCUT2D eigenvalue weighted by Crippen LogP contribution is -2.25. The number of hydrogen-bond acceptors (Lipinski definition) is 6. The highest BCUT2D eigenvalue weighted by Crippen LogP contribution is 2.30. The van der Waals surface area contributed by atoms with Gasteiger partial charge in [-0.1, -0.05) is 0 Å². The van der Waals surface area contributed by atoms with Crippen molar-refractivity contribution >= 4 is 35.4 Å². The number of ketones is 1. The van der Waals surface area contributed by atoms with Gasteiger partial charge in [0, 0.05) is 30.8 Å². The number of carboxylic acid groups (broad SMARTS) is 1. The number of amides is 1. The van der Waals surface area contributed by atoms with E-state index in [4.69, 9.17) is 9.84 Å². The van der Waals surface area contributed by atoms with Crippen LogP contribution in [0, 0.1) is 11.8 Å². The van der Waals surface area contributed by atoms with Gasteiger partial charge in [0.1, 0.15) is 5.78 Å². The molecule has 1 aliphatic carbocycles. The molecule has 21 heavy (non-hydrogen) atoms. The van der Waals surface area contributed by atoms with Crippen LogP contribution in [-0.4, -0.2) is 47.0 Å². The maximum atomic E-state index is 11.6. The molecule has 1 unspecified atom stereocenters. The summed E-state index contributed by atoms with van der Waals surface area (Å²) in [5.74, 6) is -1.39. The van der Waals surface area contributed by atoms with Crippen LogP contribution in [0.3, 0.4) is 0 Å². The van der Waals surface area contributed by atoms with E-state index in [1.54, 1.807) is 0 Å². The van der Waals surface area contributed by atoms with E-state index in [0.29, 0.717) is 17.9 Å². The molecule has 0 radical (unpaired) electrons. The summed E-state index contributed by atoms with van der Waals surface area (Å²) in [6, 6.07) is 0. The van der Waals surface area contributed by atoms with Gasteiger partial charge < -0.3 is 15.2 Å². The Morgan fingerprint density at radius 1 is 1.43 bits per heavy atom. The zero-order valence-electron chi connectivity index (χ0n) is 11.8. The standard InChI is InChI=1S/C13H19NO6S/c1-8(15)14-7-20-12(17)2-3-21-6-10-4-9(13(18)19)5-11(10)16/h9-10H,2-7H2,1H3,(H,14,15)(H,18,19)/t9?,10-/m0/s1. The van der Waals surface area contributed by atoms with Crippen LogP contribution in [-0.2, 0) is 23.9 Å². The summed E-state index contributed by atoms with van der Waals surface area (Å²) in [5, 5.41) is 11.2. The number of ether oxygens (including phenoxy) is 1. The molecule has 0 heterocycles. The number of carboxylic acids is 1. The Bertz CT molecular complexity index is 425. The first-order valence-corrected chi connectivity index (χ1v) is 7.79. The number of thioether (sulfide) groups is 1. The number of esters is 1. The predicted molar refractivity (Wildman–Crippen MR) is 75.6 cm³/mol. The minimum absolute atomic E-state index is 0.0110. The van der Waals surface area contributed by atoms with Crippen molar-refractivity contribution < 1.29 is 29.0 Å². The smallest absolute Gasteiger partial charge is 0.308 e. The molecule has 0 bridgehead atoms. The molecule has 118 valence electrons. The first-order chi connectivity index (χ1) is 9.90. The fourth-order valence-corrected chi connectivity index (χ4v) is 3.07. The Labute approximate surface area is 126 Å². The minimum atomic E-state index is -0.919. The summed E-state index contributed by atoms with van der Waals surface area (Å²) in [5.41, 5.74) is 0. The van der Waals surface area contributed by atoms with E-state index in [-0.39, 0.29) is 37.2 Å². The van der Waals surface area contributed by atoms with E-state index in [1.807, 2.05) is 0 Å². The molecular formula is C13H19NO6S. The van der Waals surface area contributed by atoms with Gasteiger partial charge in [0.05, 0.1) is 12.3 Å². The summed E-state index contributed by atoms with van der Waals surface area (Å²) < 4.78 is 4.77. The topological polar surface area (TPSA) is 110 Å². The van der Waals surface area contributed by atoms with Gasteiger partial charge in [0.25, 0.3) is 0 Å². The molecule has 1 amide bonds. The minimum Gasteiger partial charge on any atom is -0.481 e. The van der Waals surface area contributed by atoms with E-state index >= 15 is 0 Å². The molecule has 1 saturated carbocycles. The second kappa shape index (κ2) is 8.66. The monoisotopic (exact) mass is 317 g/mol. The van der Waals surface area contributed by atoms with E-state index in [0.717, 1.165) is 0 Å². The molecule has 0 spiro atoms. The van der Waals surface area contributed by atoms with Gasteiger partial charge in [0.15, 0.2) is 6.73 Å². The number of carbonyl (C=O) groups is 4. The first kappa shape index (κ1) is 17.5. The Morgan fingerprint density at radius 2 is 2.14 bits per heavy atom. The third-order valence-corrected chi connectivity index (χ3v) is 4.28. The number of Topliss-reactive ketones (excluding diaryl/α,β-unsaturated/α-hetero) is 1. The summed E-state index contributed by atoms with van der Waals surface area (Å²) in [6.07, 6.45) is 0.682. The number of rotatable bonds is 8. The second-order valence-corrected chi connectivity index (χ2v) is 6.01. The van der Waals surface area contributed by atoms with E-state index in [1.165, 1.54) is 18.7 Å². The number of aliphatic carboxylic acids is 1. The Balaban J connectivity index is 2.11. The van der Waals surface area contributed by atoms with Gasteiger partial charge in [-0.3, -0.25) is 19.2 Å². The van der Waals surface area contributed by atoms with Gasteiger partial charge in [-0.05, 0) is 6.42 Å². The SMILES string of the molecule is CC(=O)NCOC(=O)CCSC[C@@H]1CC(C(=O)O)CC1=O. The van der Waals surface area contributed by atoms with Crippen LogP contribution >= 0.6 is 11.8 Å². The highest BCUT2D eigenvalue weighted by Gasteiger charge is 2.36. The fraction of sp³-hybridized carbons (Fsp3) is 0.692. The number of carbonyl (C=O) groups excluding carboxylic acids is 3. The normalized spacial score (nSPS) is 21.1. The molecular weight excluding hydrogens is 298 g/mol. The van der Waals surface area contributed by atoms with Crippen molar-refractivity contribution in [1.82, 2.24) is 5.32 Å². The zero-order valence-corrected chi connectivity index (χ0v) is 12.6. The molecule has 0 saturated heterocycles. The third kappa shape index (κ3) is 6.61. The average Bonchev–Trinajstić information content (AvgIpc) is 2.76. The highest BCUT2D eigenvalue weighted by molar-refractivity contribution is 7.99. The van der Waals surface area contributed by atoms with E-state index < -0.39 is 17.9 Å². The maximum absolute atomic E-state index is 11.6. The first-order valence-electron chi connectivity index (χ1n) is 6.63. The Kier molecular flexibility index (Phi) is 7.21. The van der Waals surface area contributed by atoms with Crippen LogP contribution in [0.25, 0.3) is 0 Å². The van der Waals surface area contributed by atoms with Gasteiger partial charge in [-0.15, -0.1) is 0 Å². The lowest BCUT2D eigenvalue weighted by atomic mass is 10.1. The van der Waals surface area contributed by atoms with Crippen molar-refractivity contribution in [2.75, 3.05) is 18.2 Å². The third-order valence-electron chi connectivity index (χ3n) is 3.15. The molecule has 8 heteroatoms. The lowest BCUT2D eigenvalue weighted by molar-refractivity contribution is -0.145. The highest BCUT2D eigenvalue weighted by atomic mass is 32.2. The zero-order chi connectivity index (χ0) is 15.8. The van der Waals surface area contributed by atoms with Crippen LogP contribution in [0.5, 0.6) is 0 Å². The quantitative estimate of drug-likeness (QED) is 0.379. The predicted octanol–water partition coefficient (Wildman–Crippen LogP) is 0.426. The maximum Gasteiger partial charge on any atom is 0.308 e. The molecule has 1 rings (SSSR count). The molecule has 0 aromatic heterocycles. The van der Waals surface area contributed by atoms with Crippen LogP contribution in [0.2, 0.25) is 0 Å². The van der Waals surface area contributed by atoms with Crippen molar-refractivity contribution in [3.05, 3.63) is 0 Å². The summed E-state index contributed by atoms with van der Waals surface area (Å²) in [7, 11) is 0. The van der Waals surface area contributed by atoms with Crippen molar-refractivity contribution in [2.45, 2.75) is 26.2 Å². The summed E-state index contributed by atoms with van der Waals surface area (Å²) in [4.78, 5) is 44.3. The van der Waals surface area contributed by atoms with E-state index in [2.05, 4.69) is 5.32 Å². The molecule has 1 fully saturated rings. The van der Waals surface area contributed by atoms with Crippen LogP contribution in [0.1, 0.15) is 26.2 Å². The average molecular weight is 317 g/mol. The Morgan fingerprint density at radius 3 is 2.71 bits per heavy atom. The van der Waals surface area contributed by atoms with Gasteiger partial charge in [0.2, 0.25) is 5.91 Å². The molecule has 0 aromatic rings.